The number of rotatable bonds is 4. The zero-order valence-corrected chi connectivity index (χ0v) is 16.2. The van der Waals surface area contributed by atoms with Gasteiger partial charge >= 0.3 is 6.03 Å². The van der Waals surface area contributed by atoms with Crippen molar-refractivity contribution < 1.29 is 18.4 Å². The normalized spacial score (nSPS) is 15.9. The summed E-state index contributed by atoms with van der Waals surface area (Å²) >= 11 is 0. The number of carbonyl (C=O) groups is 2. The minimum atomic E-state index is -0.700. The highest BCUT2D eigenvalue weighted by Gasteiger charge is 2.34. The fourth-order valence-corrected chi connectivity index (χ4v) is 3.55. The predicted molar refractivity (Wildman–Crippen MR) is 101 cm³/mol. The van der Waals surface area contributed by atoms with Gasteiger partial charge in [-0.3, -0.25) is 4.79 Å². The Morgan fingerprint density at radius 3 is 2.57 bits per heavy atom. The second-order valence-electron chi connectivity index (χ2n) is 6.97. The molecule has 8 heteroatoms. The maximum Gasteiger partial charge on any atom is 0.319 e. The van der Waals surface area contributed by atoms with Crippen LogP contribution in [-0.2, 0) is 11.3 Å². The van der Waals surface area contributed by atoms with Gasteiger partial charge in [-0.05, 0) is 25.1 Å². The van der Waals surface area contributed by atoms with Crippen LogP contribution >= 0.6 is 0 Å². The molecule has 1 aliphatic rings. The summed E-state index contributed by atoms with van der Waals surface area (Å²) in [5, 5.41) is 0. The Balaban J connectivity index is 1.94. The van der Waals surface area contributed by atoms with Gasteiger partial charge in [0.2, 0.25) is 5.91 Å². The highest BCUT2D eigenvalue weighted by atomic mass is 19.1. The molecule has 2 aromatic rings. The van der Waals surface area contributed by atoms with Crippen LogP contribution in [0.25, 0.3) is 0 Å². The van der Waals surface area contributed by atoms with Crippen molar-refractivity contribution >= 4 is 11.9 Å². The van der Waals surface area contributed by atoms with Crippen molar-refractivity contribution in [1.29, 1.82) is 0 Å². The van der Waals surface area contributed by atoms with E-state index in [2.05, 4.69) is 0 Å². The Kier molecular flexibility index (Phi) is 5.67. The summed E-state index contributed by atoms with van der Waals surface area (Å²) in [4.78, 5) is 29.8. The minimum Gasteiger partial charge on any atom is -0.348 e. The summed E-state index contributed by atoms with van der Waals surface area (Å²) in [7, 11) is 3.25. The van der Waals surface area contributed by atoms with Crippen LogP contribution < -0.4 is 0 Å². The Hall–Kier alpha value is -2.90. The third-order valence-electron chi connectivity index (χ3n) is 4.98. The number of amides is 3. The third-order valence-corrected chi connectivity index (χ3v) is 4.98. The zero-order chi connectivity index (χ0) is 20.4. The molecule has 3 rings (SSSR count). The zero-order valence-electron chi connectivity index (χ0n) is 16.2. The third kappa shape index (κ3) is 3.72. The van der Waals surface area contributed by atoms with Crippen LogP contribution in [0.1, 0.15) is 24.2 Å². The van der Waals surface area contributed by atoms with Crippen molar-refractivity contribution in [2.75, 3.05) is 33.7 Å². The van der Waals surface area contributed by atoms with E-state index in [-0.39, 0.29) is 24.0 Å². The van der Waals surface area contributed by atoms with Crippen molar-refractivity contribution in [2.24, 2.45) is 0 Å². The lowest BCUT2D eigenvalue weighted by Crippen LogP contribution is -2.49. The summed E-state index contributed by atoms with van der Waals surface area (Å²) in [6.45, 7) is 3.01. The minimum absolute atomic E-state index is 0.104. The average Bonchev–Trinajstić information content (AvgIpc) is 3.13. The molecule has 6 nitrogen and oxygen atoms in total. The molecule has 28 heavy (non-hydrogen) atoms. The summed E-state index contributed by atoms with van der Waals surface area (Å²) in [5.74, 6) is -1.65. The fraction of sp³-hybridized carbons (Fsp3) is 0.400. The molecule has 150 valence electrons. The average molecular weight is 390 g/mol. The molecule has 0 saturated heterocycles. The molecule has 0 spiro atoms. The highest BCUT2D eigenvalue weighted by molar-refractivity contribution is 5.84. The lowest BCUT2D eigenvalue weighted by Gasteiger charge is -2.38. The molecule has 0 radical (unpaired) electrons. The van der Waals surface area contributed by atoms with E-state index in [0.29, 0.717) is 19.6 Å². The van der Waals surface area contributed by atoms with E-state index in [1.54, 1.807) is 25.9 Å². The Morgan fingerprint density at radius 1 is 1.18 bits per heavy atom. The van der Waals surface area contributed by atoms with E-state index >= 15 is 0 Å². The molecule has 1 aromatic heterocycles. The smallest absolute Gasteiger partial charge is 0.319 e. The molecule has 2 heterocycles. The van der Waals surface area contributed by atoms with Gasteiger partial charge in [-0.15, -0.1) is 0 Å². The van der Waals surface area contributed by atoms with Gasteiger partial charge in [0, 0.05) is 57.3 Å². The van der Waals surface area contributed by atoms with Gasteiger partial charge in [0.1, 0.15) is 24.2 Å². The summed E-state index contributed by atoms with van der Waals surface area (Å²) in [6.07, 6.45) is 1.87. The van der Waals surface area contributed by atoms with E-state index in [0.717, 1.165) is 11.8 Å². The van der Waals surface area contributed by atoms with Crippen LogP contribution in [0.15, 0.2) is 36.5 Å². The number of carbonyl (C=O) groups excluding carboxylic acids is 2. The fourth-order valence-electron chi connectivity index (χ4n) is 3.55. The maximum atomic E-state index is 14.6. The molecule has 0 unspecified atom stereocenters. The number of halogens is 2. The van der Waals surface area contributed by atoms with Crippen LogP contribution in [0, 0.1) is 11.6 Å². The highest BCUT2D eigenvalue weighted by Crippen LogP contribution is 2.34. The Bertz CT molecular complexity index is 881. The SMILES string of the molecule is CCN(CC(=O)N1CCn2cccc2[C@@H]1c1ccc(F)cc1F)C(=O)N(C)C. The van der Waals surface area contributed by atoms with Crippen LogP contribution in [-0.4, -0.2) is 64.9 Å². The summed E-state index contributed by atoms with van der Waals surface area (Å²) in [5.41, 5.74) is 0.989. The van der Waals surface area contributed by atoms with Gasteiger partial charge in [0.15, 0.2) is 0 Å². The van der Waals surface area contributed by atoms with Crippen molar-refractivity contribution in [3.05, 3.63) is 59.4 Å². The van der Waals surface area contributed by atoms with Crippen molar-refractivity contribution in [3.8, 4) is 0 Å². The molecule has 0 N–H and O–H groups in total. The second-order valence-corrected chi connectivity index (χ2v) is 6.97. The van der Waals surface area contributed by atoms with E-state index in [1.165, 1.54) is 21.9 Å². The largest absolute Gasteiger partial charge is 0.348 e. The molecule has 0 bridgehead atoms. The topological polar surface area (TPSA) is 48.8 Å². The van der Waals surface area contributed by atoms with Gasteiger partial charge < -0.3 is 19.3 Å². The molecular formula is C20H24F2N4O2. The first kappa shape index (κ1) is 19.9. The molecule has 3 amide bonds. The molecule has 1 aliphatic heterocycles. The number of benzene rings is 1. The monoisotopic (exact) mass is 390 g/mol. The molecule has 0 saturated carbocycles. The van der Waals surface area contributed by atoms with Crippen LogP contribution in [0.4, 0.5) is 13.6 Å². The van der Waals surface area contributed by atoms with Gasteiger partial charge in [0.25, 0.3) is 0 Å². The van der Waals surface area contributed by atoms with E-state index < -0.39 is 17.7 Å². The van der Waals surface area contributed by atoms with E-state index in [1.807, 2.05) is 22.9 Å². The standard InChI is InChI=1S/C20H24F2N4O2/c1-4-24(20(28)23(2)3)13-18(27)26-11-10-25-9-5-6-17(25)19(26)15-8-7-14(21)12-16(15)22/h5-9,12,19H,4,10-11,13H2,1-3H3/t19-/m0/s1. The molecule has 0 fully saturated rings. The number of urea groups is 1. The summed E-state index contributed by atoms with van der Waals surface area (Å²) in [6, 6.07) is 6.12. The molecule has 0 aliphatic carbocycles. The number of aromatic nitrogens is 1. The van der Waals surface area contributed by atoms with E-state index in [9.17, 15) is 18.4 Å². The second kappa shape index (κ2) is 8.00. The van der Waals surface area contributed by atoms with E-state index in [4.69, 9.17) is 0 Å². The van der Waals surface area contributed by atoms with Crippen molar-refractivity contribution in [3.63, 3.8) is 0 Å². The maximum absolute atomic E-state index is 14.6. The predicted octanol–water partition coefficient (Wildman–Crippen LogP) is 2.70. The lowest BCUT2D eigenvalue weighted by molar-refractivity contribution is -0.134. The first-order valence-electron chi connectivity index (χ1n) is 9.19. The number of hydrogen-bond acceptors (Lipinski definition) is 2. The number of hydrogen-bond donors (Lipinski definition) is 0. The molecule has 1 aromatic carbocycles. The lowest BCUT2D eigenvalue weighted by atomic mass is 9.99. The van der Waals surface area contributed by atoms with Gasteiger partial charge in [-0.25, -0.2) is 13.6 Å². The van der Waals surface area contributed by atoms with Gasteiger partial charge in [0.05, 0.1) is 0 Å². The number of nitrogens with zero attached hydrogens (tertiary/aromatic N) is 4. The molecule has 1 atom stereocenters. The number of fused-ring (bicyclic) bond motifs is 1. The van der Waals surface area contributed by atoms with Crippen molar-refractivity contribution in [2.45, 2.75) is 19.5 Å². The summed E-state index contributed by atoms with van der Waals surface area (Å²) < 4.78 is 29.9. The first-order valence-corrected chi connectivity index (χ1v) is 9.19. The molecular weight excluding hydrogens is 366 g/mol. The van der Waals surface area contributed by atoms with Crippen LogP contribution in [0.5, 0.6) is 0 Å². The Labute approximate surface area is 162 Å². The van der Waals surface area contributed by atoms with Gasteiger partial charge in [-0.2, -0.15) is 0 Å². The Morgan fingerprint density at radius 2 is 1.93 bits per heavy atom. The van der Waals surface area contributed by atoms with Crippen LogP contribution in [0.2, 0.25) is 0 Å². The first-order chi connectivity index (χ1) is 13.3. The van der Waals surface area contributed by atoms with Crippen molar-refractivity contribution in [1.82, 2.24) is 19.3 Å². The number of likely N-dealkylation sites (N-methyl/N-ethyl adjacent to an activating group) is 1. The van der Waals surface area contributed by atoms with Crippen LogP contribution in [0.3, 0.4) is 0 Å². The van der Waals surface area contributed by atoms with Gasteiger partial charge in [-0.1, -0.05) is 6.07 Å². The quantitative estimate of drug-likeness (QED) is 0.806.